The van der Waals surface area contributed by atoms with E-state index in [2.05, 4.69) is 6.92 Å². The van der Waals surface area contributed by atoms with Gasteiger partial charge in [0.05, 0.1) is 14.2 Å². The lowest BCUT2D eigenvalue weighted by Crippen LogP contribution is -2.07. The lowest BCUT2D eigenvalue weighted by atomic mass is 10.0. The van der Waals surface area contributed by atoms with Crippen LogP contribution in [-0.4, -0.2) is 34.4 Å². The second-order valence-electron chi connectivity index (χ2n) is 4.29. The second kappa shape index (κ2) is 8.43. The summed E-state index contributed by atoms with van der Waals surface area (Å²) in [5.74, 6) is 1.42. The van der Waals surface area contributed by atoms with Gasteiger partial charge in [-0.25, -0.2) is 0 Å². The van der Waals surface area contributed by atoms with Crippen LogP contribution in [0, 0.1) is 0 Å². The molecule has 0 fully saturated rings. The zero-order chi connectivity index (χ0) is 15.0. The largest absolute Gasteiger partial charge is 0.496 e. The molecular weight excluding hydrogens is 260 g/mol. The van der Waals surface area contributed by atoms with Gasteiger partial charge < -0.3 is 18.9 Å². The molecule has 0 bridgehead atoms. The quantitative estimate of drug-likeness (QED) is 0.515. The first-order valence-corrected chi connectivity index (χ1v) is 6.58. The molecule has 0 aliphatic heterocycles. The predicted molar refractivity (Wildman–Crippen MR) is 76.0 cm³/mol. The summed E-state index contributed by atoms with van der Waals surface area (Å²) in [6, 6.07) is 1.83. The Hall–Kier alpha value is -1.75. The monoisotopic (exact) mass is 282 g/mol. The minimum atomic E-state index is 0.0393. The van der Waals surface area contributed by atoms with E-state index in [0.717, 1.165) is 24.8 Å². The van der Waals surface area contributed by atoms with Crippen LogP contribution in [0.2, 0.25) is 0 Å². The van der Waals surface area contributed by atoms with Gasteiger partial charge in [0.1, 0.15) is 11.3 Å². The number of ether oxygens (including phenoxy) is 4. The van der Waals surface area contributed by atoms with Crippen LogP contribution < -0.4 is 14.2 Å². The van der Waals surface area contributed by atoms with Crippen LogP contribution in [0.1, 0.15) is 35.7 Å². The van der Waals surface area contributed by atoms with Gasteiger partial charge in [-0.05, 0) is 18.9 Å². The van der Waals surface area contributed by atoms with Crippen LogP contribution in [0.15, 0.2) is 6.07 Å². The van der Waals surface area contributed by atoms with Crippen molar-refractivity contribution < 1.29 is 23.7 Å². The summed E-state index contributed by atoms with van der Waals surface area (Å²) < 4.78 is 21.1. The molecule has 1 aromatic rings. The van der Waals surface area contributed by atoms with Crippen molar-refractivity contribution in [2.45, 2.75) is 26.2 Å². The Bertz CT molecular complexity index is 442. The van der Waals surface area contributed by atoms with E-state index in [4.69, 9.17) is 18.9 Å². The first-order valence-electron chi connectivity index (χ1n) is 6.58. The molecule has 1 rings (SSSR count). The molecule has 0 aliphatic carbocycles. The Morgan fingerprint density at radius 2 is 1.90 bits per heavy atom. The van der Waals surface area contributed by atoms with Crippen LogP contribution >= 0.6 is 0 Å². The van der Waals surface area contributed by atoms with Crippen LogP contribution in [0.25, 0.3) is 0 Å². The minimum Gasteiger partial charge on any atom is -0.496 e. The van der Waals surface area contributed by atoms with Crippen molar-refractivity contribution in [2.75, 3.05) is 28.1 Å². The number of aryl methyl sites for hydroxylation is 1. The van der Waals surface area contributed by atoms with Gasteiger partial charge >= 0.3 is 0 Å². The van der Waals surface area contributed by atoms with Gasteiger partial charge in [0.15, 0.2) is 24.6 Å². The molecule has 0 radical (unpaired) electrons. The molecule has 1 aromatic carbocycles. The molecule has 0 aromatic heterocycles. The van der Waals surface area contributed by atoms with Gasteiger partial charge in [0, 0.05) is 12.7 Å². The van der Waals surface area contributed by atoms with Crippen molar-refractivity contribution in [2.24, 2.45) is 0 Å². The van der Waals surface area contributed by atoms with Gasteiger partial charge in [0.25, 0.3) is 0 Å². The number of methoxy groups -OCH3 is 3. The minimum absolute atomic E-state index is 0.0393. The Labute approximate surface area is 119 Å². The number of carbonyl (C=O) groups excluding carboxylic acids is 1. The molecule has 0 spiro atoms. The van der Waals surface area contributed by atoms with Gasteiger partial charge in [-0.2, -0.15) is 0 Å². The Balaban J connectivity index is 3.34. The number of aldehydes is 1. The first kappa shape index (κ1) is 16.3. The van der Waals surface area contributed by atoms with E-state index in [9.17, 15) is 4.79 Å². The van der Waals surface area contributed by atoms with Gasteiger partial charge in [-0.1, -0.05) is 13.3 Å². The highest BCUT2D eigenvalue weighted by Crippen LogP contribution is 2.40. The van der Waals surface area contributed by atoms with Crippen LogP contribution in [0.4, 0.5) is 0 Å². The normalized spacial score (nSPS) is 10.2. The van der Waals surface area contributed by atoms with Crippen molar-refractivity contribution in [1.82, 2.24) is 0 Å². The maximum atomic E-state index is 11.3. The maximum Gasteiger partial charge on any atom is 0.188 e. The molecule has 0 saturated carbocycles. The lowest BCUT2D eigenvalue weighted by molar-refractivity contribution is 0.0482. The van der Waals surface area contributed by atoms with Crippen molar-refractivity contribution >= 4 is 6.29 Å². The standard InChI is InChI=1S/C15H22O5/c1-5-6-7-11-8-13(18-3)12(9-16)15(14(11)19-4)20-10-17-2/h8-9H,5-7,10H2,1-4H3. The summed E-state index contributed by atoms with van der Waals surface area (Å²) in [6.45, 7) is 2.16. The number of hydrogen-bond donors (Lipinski definition) is 0. The molecule has 0 aliphatic rings. The van der Waals surface area contributed by atoms with Crippen LogP contribution in [0.3, 0.4) is 0 Å². The van der Waals surface area contributed by atoms with E-state index in [1.807, 2.05) is 6.07 Å². The predicted octanol–water partition coefficient (Wildman–Crippen LogP) is 2.84. The van der Waals surface area contributed by atoms with Crippen molar-refractivity contribution in [1.29, 1.82) is 0 Å². The average Bonchev–Trinajstić information content (AvgIpc) is 2.49. The number of rotatable bonds is 9. The molecular formula is C15H22O5. The molecule has 112 valence electrons. The van der Waals surface area contributed by atoms with Crippen molar-refractivity contribution in [3.63, 3.8) is 0 Å². The highest BCUT2D eigenvalue weighted by atomic mass is 16.7. The number of hydrogen-bond acceptors (Lipinski definition) is 5. The fraction of sp³-hybridized carbons (Fsp3) is 0.533. The fourth-order valence-corrected chi connectivity index (χ4v) is 2.00. The van der Waals surface area contributed by atoms with Crippen LogP contribution in [-0.2, 0) is 11.2 Å². The smallest absolute Gasteiger partial charge is 0.188 e. The van der Waals surface area contributed by atoms with Crippen LogP contribution in [0.5, 0.6) is 17.2 Å². The van der Waals surface area contributed by atoms with Gasteiger partial charge in [-0.15, -0.1) is 0 Å². The lowest BCUT2D eigenvalue weighted by Gasteiger charge is -2.18. The van der Waals surface area contributed by atoms with Crippen molar-refractivity contribution in [3.05, 3.63) is 17.2 Å². The Morgan fingerprint density at radius 1 is 1.15 bits per heavy atom. The molecule has 0 unspecified atom stereocenters. The number of carbonyl (C=O) groups is 1. The highest BCUT2D eigenvalue weighted by Gasteiger charge is 2.20. The van der Waals surface area contributed by atoms with Gasteiger partial charge in [-0.3, -0.25) is 4.79 Å². The van der Waals surface area contributed by atoms with E-state index in [0.29, 0.717) is 29.1 Å². The van der Waals surface area contributed by atoms with E-state index in [1.165, 1.54) is 14.2 Å². The topological polar surface area (TPSA) is 54.0 Å². The number of unbranched alkanes of at least 4 members (excludes halogenated alkanes) is 1. The fourth-order valence-electron chi connectivity index (χ4n) is 2.00. The van der Waals surface area contributed by atoms with E-state index in [-0.39, 0.29) is 6.79 Å². The van der Waals surface area contributed by atoms with E-state index in [1.54, 1.807) is 7.11 Å². The summed E-state index contributed by atoms with van der Waals surface area (Å²) in [7, 11) is 4.61. The molecule has 20 heavy (non-hydrogen) atoms. The third-order valence-electron chi connectivity index (χ3n) is 2.98. The molecule has 0 amide bonds. The zero-order valence-corrected chi connectivity index (χ0v) is 12.5. The first-order chi connectivity index (χ1) is 9.73. The molecule has 0 atom stereocenters. The Morgan fingerprint density at radius 3 is 2.40 bits per heavy atom. The zero-order valence-electron chi connectivity index (χ0n) is 12.5. The molecule has 5 nitrogen and oxygen atoms in total. The average molecular weight is 282 g/mol. The SMILES string of the molecule is CCCCc1cc(OC)c(C=O)c(OCOC)c1OC. The Kier molecular flexibility index (Phi) is 6.87. The molecule has 5 heteroatoms. The highest BCUT2D eigenvalue weighted by molar-refractivity contribution is 5.86. The summed E-state index contributed by atoms with van der Waals surface area (Å²) in [5.41, 5.74) is 1.30. The van der Waals surface area contributed by atoms with Crippen molar-refractivity contribution in [3.8, 4) is 17.2 Å². The summed E-state index contributed by atoms with van der Waals surface area (Å²) in [5, 5.41) is 0. The molecule has 0 heterocycles. The summed E-state index contributed by atoms with van der Waals surface area (Å²) in [4.78, 5) is 11.3. The third kappa shape index (κ3) is 3.63. The second-order valence-corrected chi connectivity index (χ2v) is 4.29. The summed E-state index contributed by atoms with van der Waals surface area (Å²) in [6.07, 6.45) is 3.62. The summed E-state index contributed by atoms with van der Waals surface area (Å²) >= 11 is 0. The molecule has 0 saturated heterocycles. The molecule has 0 N–H and O–H groups in total. The van der Waals surface area contributed by atoms with Gasteiger partial charge in [0.2, 0.25) is 0 Å². The number of benzene rings is 1. The van der Waals surface area contributed by atoms with E-state index < -0.39 is 0 Å². The third-order valence-corrected chi connectivity index (χ3v) is 2.98. The van der Waals surface area contributed by atoms with E-state index >= 15 is 0 Å². The maximum absolute atomic E-state index is 11.3.